The quantitative estimate of drug-likeness (QED) is 0.200. The van der Waals surface area contributed by atoms with Crippen LogP contribution in [-0.2, 0) is 24.0 Å². The molecule has 47 heavy (non-hydrogen) atoms. The fraction of sp³-hybridized carbons (Fsp3) is 0.714. The summed E-state index contributed by atoms with van der Waals surface area (Å²) in [5, 5.41) is 2.89. The number of halogens is 2. The zero-order valence-electron chi connectivity index (χ0n) is 28.0. The number of carbonyl (C=O) groups is 6. The first-order valence-electron chi connectivity index (χ1n) is 16.9. The lowest BCUT2D eigenvalue weighted by Crippen LogP contribution is -2.58. The Labute approximate surface area is 275 Å². The molecular formula is C35H48F2N4O6. The standard InChI is InChI=1S/C35H48F2N4O6/c1-19(2)24(16-26(42)25-17-38-11-12-39-25)33(46)40-32(35(3,4)5)34(47)41-18-21-7-6-8-23(21)30(41)27(43)14-22(15-29(36)37)31(45)28(44)13-20-9-10-20/h11-12,17,19-24,29-30,32H,6-10,13-16,18H2,1-5H3,(H,40,46)/t21-,22?,23-,24+,30?,32+/m0/s1. The van der Waals surface area contributed by atoms with Gasteiger partial charge in [-0.3, -0.25) is 33.8 Å². The number of alkyl halides is 2. The number of nitrogens with one attached hydrogen (secondary N) is 1. The van der Waals surface area contributed by atoms with Crippen molar-refractivity contribution in [1.82, 2.24) is 20.2 Å². The maximum Gasteiger partial charge on any atom is 0.246 e. The molecule has 10 nitrogen and oxygen atoms in total. The van der Waals surface area contributed by atoms with Crippen molar-refractivity contribution in [3.63, 3.8) is 0 Å². The van der Waals surface area contributed by atoms with E-state index in [1.807, 2.05) is 13.8 Å². The second-order valence-corrected chi connectivity index (χ2v) is 15.1. The summed E-state index contributed by atoms with van der Waals surface area (Å²) in [6.07, 6.45) is 3.72. The molecule has 0 aromatic carbocycles. The summed E-state index contributed by atoms with van der Waals surface area (Å²) >= 11 is 0. The molecule has 3 aliphatic rings. The van der Waals surface area contributed by atoms with Crippen LogP contribution < -0.4 is 5.32 Å². The maximum absolute atomic E-state index is 14.4. The summed E-state index contributed by atoms with van der Waals surface area (Å²) in [4.78, 5) is 90.0. The van der Waals surface area contributed by atoms with Gasteiger partial charge in [0.2, 0.25) is 24.0 Å². The minimum Gasteiger partial charge on any atom is -0.344 e. The predicted octanol–water partition coefficient (Wildman–Crippen LogP) is 4.65. The topological polar surface area (TPSA) is 143 Å². The minimum absolute atomic E-state index is 0.0141. The Bertz CT molecular complexity index is 1340. The van der Waals surface area contributed by atoms with Crippen LogP contribution in [0.15, 0.2) is 18.6 Å². The van der Waals surface area contributed by atoms with E-state index >= 15 is 0 Å². The number of amides is 2. The summed E-state index contributed by atoms with van der Waals surface area (Å²) in [6.45, 7) is 9.27. The van der Waals surface area contributed by atoms with E-state index < -0.39 is 77.8 Å². The molecule has 0 bridgehead atoms. The molecule has 2 heterocycles. The van der Waals surface area contributed by atoms with E-state index in [0.29, 0.717) is 6.42 Å². The van der Waals surface area contributed by atoms with Gasteiger partial charge in [0.1, 0.15) is 11.7 Å². The Kier molecular flexibility index (Phi) is 11.8. The molecule has 1 N–H and O–H groups in total. The van der Waals surface area contributed by atoms with Gasteiger partial charge >= 0.3 is 0 Å². The highest BCUT2D eigenvalue weighted by atomic mass is 19.3. The number of fused-ring (bicyclic) bond motifs is 1. The van der Waals surface area contributed by atoms with Crippen LogP contribution >= 0.6 is 0 Å². The molecule has 0 radical (unpaired) electrons. The number of ketones is 4. The molecule has 0 spiro atoms. The average Bonchev–Trinajstić information content (AvgIpc) is 3.57. The van der Waals surface area contributed by atoms with Gasteiger partial charge in [-0.15, -0.1) is 0 Å². The van der Waals surface area contributed by atoms with Crippen molar-refractivity contribution < 1.29 is 37.5 Å². The molecule has 3 fully saturated rings. The van der Waals surface area contributed by atoms with E-state index in [0.717, 1.165) is 25.7 Å². The van der Waals surface area contributed by atoms with E-state index in [-0.39, 0.29) is 54.5 Å². The van der Waals surface area contributed by atoms with Crippen molar-refractivity contribution >= 4 is 34.9 Å². The van der Waals surface area contributed by atoms with Gasteiger partial charge in [-0.25, -0.2) is 13.8 Å². The van der Waals surface area contributed by atoms with Gasteiger partial charge in [0.05, 0.1) is 12.2 Å². The molecule has 4 rings (SSSR count). The van der Waals surface area contributed by atoms with Gasteiger partial charge in [0.25, 0.3) is 0 Å². The van der Waals surface area contributed by atoms with Gasteiger partial charge in [0, 0.05) is 56.5 Å². The van der Waals surface area contributed by atoms with Gasteiger partial charge in [-0.2, -0.15) is 0 Å². The first-order chi connectivity index (χ1) is 22.1. The Balaban J connectivity index is 1.54. The zero-order chi connectivity index (χ0) is 34.6. The van der Waals surface area contributed by atoms with E-state index in [9.17, 15) is 37.5 Å². The van der Waals surface area contributed by atoms with E-state index in [4.69, 9.17) is 0 Å². The molecule has 6 atom stereocenters. The predicted molar refractivity (Wildman–Crippen MR) is 168 cm³/mol. The lowest BCUT2D eigenvalue weighted by atomic mass is 9.82. The number of hydrogen-bond donors (Lipinski definition) is 1. The molecule has 258 valence electrons. The maximum atomic E-state index is 14.4. The van der Waals surface area contributed by atoms with E-state index in [1.54, 1.807) is 20.8 Å². The SMILES string of the molecule is CC(C)[C@@H](CC(=O)c1cnccn1)C(=O)N[C@H](C(=O)N1C[C@@H]2CCC[C@@H]2C1C(=O)CC(CC(F)F)C(=O)C(=O)CC1CC1)C(C)(C)C. The molecule has 12 heteroatoms. The Morgan fingerprint density at radius 1 is 1.00 bits per heavy atom. The van der Waals surface area contributed by atoms with Crippen LogP contribution in [0.5, 0.6) is 0 Å². The normalized spacial score (nSPS) is 22.9. The summed E-state index contributed by atoms with van der Waals surface area (Å²) in [6, 6.07) is -2.00. The number of rotatable bonds is 16. The second kappa shape index (κ2) is 15.2. The minimum atomic E-state index is -2.87. The Morgan fingerprint density at radius 2 is 1.70 bits per heavy atom. The molecule has 1 saturated heterocycles. The molecule has 1 aromatic heterocycles. The largest absolute Gasteiger partial charge is 0.344 e. The molecular weight excluding hydrogens is 610 g/mol. The van der Waals surface area contributed by atoms with Gasteiger partial charge in [0.15, 0.2) is 17.3 Å². The fourth-order valence-corrected chi connectivity index (χ4v) is 7.16. The van der Waals surface area contributed by atoms with Crippen molar-refractivity contribution in [2.24, 2.45) is 40.9 Å². The third-order valence-corrected chi connectivity index (χ3v) is 10.0. The van der Waals surface area contributed by atoms with Crippen LogP contribution in [0, 0.1) is 40.9 Å². The molecule has 1 aromatic rings. The van der Waals surface area contributed by atoms with Crippen molar-refractivity contribution in [3.8, 4) is 0 Å². The molecule has 1 aliphatic heterocycles. The Hall–Kier alpha value is -3.44. The van der Waals surface area contributed by atoms with Crippen molar-refractivity contribution in [2.75, 3.05) is 6.54 Å². The third kappa shape index (κ3) is 9.13. The molecule has 2 aliphatic carbocycles. The fourth-order valence-electron chi connectivity index (χ4n) is 7.16. The van der Waals surface area contributed by atoms with Gasteiger partial charge in [-0.1, -0.05) is 41.0 Å². The molecule has 2 unspecified atom stereocenters. The summed E-state index contributed by atoms with van der Waals surface area (Å²) in [5.74, 6) is -5.98. The van der Waals surface area contributed by atoms with Crippen LogP contribution in [0.4, 0.5) is 8.78 Å². The lowest BCUT2D eigenvalue weighted by Gasteiger charge is -2.37. The number of hydrogen-bond acceptors (Lipinski definition) is 8. The smallest absolute Gasteiger partial charge is 0.246 e. The Morgan fingerprint density at radius 3 is 2.28 bits per heavy atom. The van der Waals surface area contributed by atoms with Crippen molar-refractivity contribution in [1.29, 1.82) is 0 Å². The second-order valence-electron chi connectivity index (χ2n) is 15.1. The van der Waals surface area contributed by atoms with Gasteiger partial charge in [-0.05, 0) is 54.8 Å². The van der Waals surface area contributed by atoms with Crippen LogP contribution in [0.2, 0.25) is 0 Å². The van der Waals surface area contributed by atoms with Crippen LogP contribution in [0.3, 0.4) is 0 Å². The molecule has 2 saturated carbocycles. The highest BCUT2D eigenvalue weighted by Crippen LogP contribution is 2.44. The number of aromatic nitrogens is 2. The van der Waals surface area contributed by atoms with E-state index in [2.05, 4.69) is 15.3 Å². The first kappa shape index (κ1) is 36.4. The average molecular weight is 659 g/mol. The van der Waals surface area contributed by atoms with Crippen molar-refractivity contribution in [2.45, 2.75) is 111 Å². The van der Waals surface area contributed by atoms with Crippen LogP contribution in [0.25, 0.3) is 0 Å². The number of carbonyl (C=O) groups excluding carboxylic acids is 6. The number of nitrogens with zero attached hydrogens (tertiary/aromatic N) is 3. The number of Topliss-reactive ketones (excluding diaryl/α,β-unsaturated/α-hetero) is 4. The monoisotopic (exact) mass is 658 g/mol. The summed E-state index contributed by atoms with van der Waals surface area (Å²) in [5.41, 5.74) is -0.657. The molecule has 2 amide bonds. The van der Waals surface area contributed by atoms with E-state index in [1.165, 1.54) is 23.5 Å². The van der Waals surface area contributed by atoms with Crippen LogP contribution in [-0.4, -0.2) is 74.9 Å². The lowest BCUT2D eigenvalue weighted by molar-refractivity contribution is -0.146. The number of likely N-dealkylation sites (tertiary alicyclic amines) is 1. The zero-order valence-corrected chi connectivity index (χ0v) is 28.0. The first-order valence-corrected chi connectivity index (χ1v) is 16.9. The van der Waals surface area contributed by atoms with Crippen LogP contribution in [0.1, 0.15) is 103 Å². The highest BCUT2D eigenvalue weighted by Gasteiger charge is 2.52. The highest BCUT2D eigenvalue weighted by molar-refractivity contribution is 6.38. The van der Waals surface area contributed by atoms with Crippen molar-refractivity contribution in [3.05, 3.63) is 24.3 Å². The summed E-state index contributed by atoms with van der Waals surface area (Å²) < 4.78 is 27.2. The van der Waals surface area contributed by atoms with Gasteiger partial charge < -0.3 is 10.2 Å². The summed E-state index contributed by atoms with van der Waals surface area (Å²) in [7, 11) is 0. The third-order valence-electron chi connectivity index (χ3n) is 10.0.